The normalized spacial score (nSPS) is 11.3. The lowest BCUT2D eigenvalue weighted by molar-refractivity contribution is -0.193. The lowest BCUT2D eigenvalue weighted by atomic mass is 10.0. The smallest absolute Gasteiger partial charge is 0.475 e. The molecule has 13 nitrogen and oxygen atoms in total. The average Bonchev–Trinajstić information content (AvgIpc) is 3.01. The number of nitrogens with zero attached hydrogens (tertiary/aromatic N) is 3. The van der Waals surface area contributed by atoms with Gasteiger partial charge >= 0.3 is 24.3 Å². The van der Waals surface area contributed by atoms with Gasteiger partial charge in [0.1, 0.15) is 0 Å². The predicted molar refractivity (Wildman–Crippen MR) is 151 cm³/mol. The molecule has 0 aliphatic rings. The van der Waals surface area contributed by atoms with Crippen LogP contribution < -0.4 is 22.1 Å². The van der Waals surface area contributed by atoms with Gasteiger partial charge in [0.15, 0.2) is 5.84 Å². The Morgan fingerprint density at radius 1 is 0.826 bits per heavy atom. The van der Waals surface area contributed by atoms with Crippen LogP contribution in [0.2, 0.25) is 0 Å². The number of fused-ring (bicyclic) bond motifs is 1. The number of alkyl halides is 6. The Morgan fingerprint density at radius 3 is 1.85 bits per heavy atom. The van der Waals surface area contributed by atoms with E-state index in [0.29, 0.717) is 35.0 Å². The average molecular weight is 656 g/mol. The number of carboxylic acid groups (broad SMARTS) is 2. The molecule has 4 aromatic rings. The molecule has 0 aliphatic carbocycles. The SMILES string of the molecule is NCc1ccc(NC(=O)c2cc(Nc3ncccn3)c3cc(/C(N)=N/O)ccc3c2)cc1.O=C(O)C(F)(F)F.O=C(O)C(F)(F)F. The summed E-state index contributed by atoms with van der Waals surface area (Å²) in [6.45, 7) is 0.434. The van der Waals surface area contributed by atoms with Gasteiger partial charge in [-0.1, -0.05) is 29.4 Å². The zero-order valence-corrected chi connectivity index (χ0v) is 23.0. The molecule has 0 radical (unpaired) electrons. The second kappa shape index (κ2) is 15.7. The number of nitrogens with two attached hydrogens (primary N) is 2. The lowest BCUT2D eigenvalue weighted by Gasteiger charge is -2.13. The van der Waals surface area contributed by atoms with E-state index in [1.54, 1.807) is 60.9 Å². The van der Waals surface area contributed by atoms with E-state index >= 15 is 0 Å². The summed E-state index contributed by atoms with van der Waals surface area (Å²) >= 11 is 0. The van der Waals surface area contributed by atoms with Gasteiger partial charge in [0, 0.05) is 46.8 Å². The maximum atomic E-state index is 13.0. The molecule has 19 heteroatoms. The number of rotatable bonds is 6. The first-order chi connectivity index (χ1) is 21.5. The highest BCUT2D eigenvalue weighted by Gasteiger charge is 2.38. The third-order valence-electron chi connectivity index (χ3n) is 5.36. The number of hydrogen-bond donors (Lipinski definition) is 7. The second-order valence-corrected chi connectivity index (χ2v) is 8.60. The Hall–Kier alpha value is -5.98. The fourth-order valence-electron chi connectivity index (χ4n) is 3.22. The molecule has 0 spiro atoms. The molecule has 0 fully saturated rings. The number of aromatic nitrogens is 2. The minimum Gasteiger partial charge on any atom is -0.475 e. The fraction of sp³-hybridized carbons (Fsp3) is 0.111. The molecule has 0 atom stereocenters. The summed E-state index contributed by atoms with van der Waals surface area (Å²) in [7, 11) is 0. The number of hydrogen-bond acceptors (Lipinski definition) is 9. The summed E-state index contributed by atoms with van der Waals surface area (Å²) in [5, 5.41) is 33.9. The molecule has 0 bridgehead atoms. The fourth-order valence-corrected chi connectivity index (χ4v) is 3.22. The first kappa shape index (κ1) is 36.2. The highest BCUT2D eigenvalue weighted by Crippen LogP contribution is 2.29. The minimum absolute atomic E-state index is 0.0171. The topological polar surface area (TPSA) is 226 Å². The standard InChI is InChI=1S/C23H21N7O2.2C2HF3O2/c24-13-14-2-6-18(7-3-14)28-22(31)17-10-15-4-5-16(21(25)30-32)11-19(15)20(12-17)29-23-26-8-1-9-27-23;2*3-2(4,5)1(6)7/h1-12,32H,13,24H2,(H2,25,30)(H,28,31)(H,26,27,29);2*(H,6,7). The molecule has 0 saturated heterocycles. The van der Waals surface area contributed by atoms with Crippen molar-refractivity contribution >= 4 is 51.8 Å². The van der Waals surface area contributed by atoms with E-state index in [1.165, 1.54) is 0 Å². The van der Waals surface area contributed by atoms with Gasteiger partial charge in [-0.2, -0.15) is 26.3 Å². The molecule has 0 unspecified atom stereocenters. The molecule has 244 valence electrons. The van der Waals surface area contributed by atoms with Gasteiger partial charge in [-0.15, -0.1) is 0 Å². The lowest BCUT2D eigenvalue weighted by Crippen LogP contribution is -2.21. The molecule has 0 aliphatic heterocycles. The van der Waals surface area contributed by atoms with Gasteiger partial charge in [-0.25, -0.2) is 19.6 Å². The van der Waals surface area contributed by atoms with Crippen molar-refractivity contribution in [3.05, 3.63) is 89.7 Å². The number of halogens is 6. The van der Waals surface area contributed by atoms with Crippen molar-refractivity contribution in [2.24, 2.45) is 16.6 Å². The zero-order chi connectivity index (χ0) is 34.7. The van der Waals surface area contributed by atoms with Crippen molar-refractivity contribution in [2.75, 3.05) is 10.6 Å². The van der Waals surface area contributed by atoms with Crippen LogP contribution in [0.1, 0.15) is 21.5 Å². The molecule has 0 saturated carbocycles. The summed E-state index contributed by atoms with van der Waals surface area (Å²) in [6.07, 6.45) is -6.94. The first-order valence-electron chi connectivity index (χ1n) is 12.3. The summed E-state index contributed by atoms with van der Waals surface area (Å²) < 4.78 is 63.5. The van der Waals surface area contributed by atoms with Crippen molar-refractivity contribution in [1.29, 1.82) is 0 Å². The van der Waals surface area contributed by atoms with Crippen LogP contribution in [0, 0.1) is 0 Å². The molecular formula is C27H23F6N7O6. The quantitative estimate of drug-likeness (QED) is 0.0505. The predicted octanol–water partition coefficient (Wildman–Crippen LogP) is 4.45. The number of aliphatic carboxylic acids is 2. The van der Waals surface area contributed by atoms with Crippen molar-refractivity contribution in [3.63, 3.8) is 0 Å². The van der Waals surface area contributed by atoms with Crippen LogP contribution in [0.5, 0.6) is 0 Å². The van der Waals surface area contributed by atoms with Crippen molar-refractivity contribution in [2.45, 2.75) is 18.9 Å². The van der Waals surface area contributed by atoms with E-state index < -0.39 is 24.3 Å². The number of carbonyl (C=O) groups is 3. The maximum Gasteiger partial charge on any atom is 0.490 e. The van der Waals surface area contributed by atoms with Gasteiger partial charge in [-0.05, 0) is 47.3 Å². The minimum atomic E-state index is -5.08. The molecule has 1 amide bonds. The second-order valence-electron chi connectivity index (χ2n) is 8.60. The number of benzene rings is 3. The van der Waals surface area contributed by atoms with E-state index in [0.717, 1.165) is 16.3 Å². The highest BCUT2D eigenvalue weighted by atomic mass is 19.4. The number of anilines is 3. The van der Waals surface area contributed by atoms with Crippen LogP contribution in [-0.4, -0.2) is 61.4 Å². The molecule has 4 rings (SSSR count). The van der Waals surface area contributed by atoms with Gasteiger partial charge < -0.3 is 37.5 Å². The molecule has 1 heterocycles. The largest absolute Gasteiger partial charge is 0.490 e. The monoisotopic (exact) mass is 655 g/mol. The number of carbonyl (C=O) groups excluding carboxylic acids is 1. The van der Waals surface area contributed by atoms with Crippen molar-refractivity contribution < 1.29 is 56.1 Å². The first-order valence-corrected chi connectivity index (χ1v) is 12.3. The van der Waals surface area contributed by atoms with Crippen LogP contribution in [0.3, 0.4) is 0 Å². The van der Waals surface area contributed by atoms with Gasteiger partial charge in [0.2, 0.25) is 5.95 Å². The van der Waals surface area contributed by atoms with Crippen molar-refractivity contribution in [1.82, 2.24) is 9.97 Å². The number of amides is 1. The van der Waals surface area contributed by atoms with Gasteiger partial charge in [0.25, 0.3) is 5.91 Å². The van der Waals surface area contributed by atoms with E-state index in [4.69, 9.17) is 36.5 Å². The third-order valence-corrected chi connectivity index (χ3v) is 5.36. The van der Waals surface area contributed by atoms with E-state index in [9.17, 15) is 31.1 Å². The van der Waals surface area contributed by atoms with E-state index in [1.807, 2.05) is 12.1 Å². The van der Waals surface area contributed by atoms with Crippen LogP contribution in [0.15, 0.2) is 78.2 Å². The number of carboxylic acids is 2. The van der Waals surface area contributed by atoms with Crippen LogP contribution in [-0.2, 0) is 16.1 Å². The zero-order valence-electron chi connectivity index (χ0n) is 23.0. The Balaban J connectivity index is 0.000000440. The summed E-state index contributed by atoms with van der Waals surface area (Å²) in [6, 6.07) is 17.8. The maximum absolute atomic E-state index is 13.0. The Kier molecular flexibility index (Phi) is 12.3. The molecule has 3 aromatic carbocycles. The number of amidine groups is 1. The van der Waals surface area contributed by atoms with Gasteiger partial charge in [0.05, 0.1) is 0 Å². The third kappa shape index (κ3) is 10.9. The Bertz CT molecular complexity index is 1680. The van der Waals surface area contributed by atoms with Crippen LogP contribution in [0.4, 0.5) is 43.7 Å². The van der Waals surface area contributed by atoms with Crippen molar-refractivity contribution in [3.8, 4) is 0 Å². The van der Waals surface area contributed by atoms with E-state index in [2.05, 4.69) is 25.8 Å². The molecular weight excluding hydrogens is 632 g/mol. The Morgan fingerprint density at radius 2 is 1.37 bits per heavy atom. The summed E-state index contributed by atoms with van der Waals surface area (Å²) in [4.78, 5) is 39.1. The highest BCUT2D eigenvalue weighted by molar-refractivity contribution is 6.10. The van der Waals surface area contributed by atoms with Crippen LogP contribution >= 0.6 is 0 Å². The van der Waals surface area contributed by atoms with E-state index in [-0.39, 0.29) is 11.7 Å². The Labute approximate surface area is 254 Å². The van der Waals surface area contributed by atoms with Crippen LogP contribution in [0.25, 0.3) is 10.8 Å². The summed E-state index contributed by atoms with van der Waals surface area (Å²) in [5.41, 5.74) is 14.6. The molecule has 46 heavy (non-hydrogen) atoms. The number of nitrogens with one attached hydrogen (secondary N) is 2. The molecule has 1 aromatic heterocycles. The number of oxime groups is 1. The summed E-state index contributed by atoms with van der Waals surface area (Å²) in [5.74, 6) is -5.43. The molecule has 9 N–H and O–H groups in total. The van der Waals surface area contributed by atoms with Gasteiger partial charge in [-0.3, -0.25) is 4.79 Å².